The van der Waals surface area contributed by atoms with Gasteiger partial charge in [0.25, 0.3) is 5.69 Å². The Balaban J connectivity index is 2.23. The van der Waals surface area contributed by atoms with Crippen LogP contribution in [0.1, 0.15) is 39.2 Å². The minimum atomic E-state index is -4.57. The first-order chi connectivity index (χ1) is 14.0. The fourth-order valence-electron chi connectivity index (χ4n) is 2.73. The zero-order valence-electron chi connectivity index (χ0n) is 17.1. The van der Waals surface area contributed by atoms with Crippen LogP contribution >= 0.6 is 0 Å². The number of benzene rings is 2. The highest BCUT2D eigenvalue weighted by molar-refractivity contribution is 7.87. The monoisotopic (exact) mass is 435 g/mol. The van der Waals surface area contributed by atoms with Gasteiger partial charge in [0.2, 0.25) is 0 Å². The van der Waals surface area contributed by atoms with Crippen molar-refractivity contribution in [3.05, 3.63) is 70.3 Å². The van der Waals surface area contributed by atoms with Crippen molar-refractivity contribution >= 4 is 21.8 Å². The van der Waals surface area contributed by atoms with E-state index in [1.807, 2.05) is 30.3 Å². The predicted molar refractivity (Wildman–Crippen MR) is 110 cm³/mol. The third-order valence-corrected chi connectivity index (χ3v) is 5.39. The largest absolute Gasteiger partial charge is 0.458 e. The number of esters is 1. The summed E-state index contributed by atoms with van der Waals surface area (Å²) in [6.07, 6.45) is -0.281. The lowest BCUT2D eigenvalue weighted by Gasteiger charge is -2.23. The molecule has 0 bridgehead atoms. The number of nitro groups is 1. The molecular weight excluding hydrogens is 410 g/mol. The van der Waals surface area contributed by atoms with Crippen molar-refractivity contribution in [1.82, 2.24) is 0 Å². The molecule has 0 fully saturated rings. The Kier molecular flexibility index (Phi) is 7.69. The summed E-state index contributed by atoms with van der Waals surface area (Å²) in [5.41, 5.74) is -0.438. The minimum Gasteiger partial charge on any atom is -0.458 e. The first-order valence-electron chi connectivity index (χ1n) is 9.43. The van der Waals surface area contributed by atoms with E-state index in [-0.39, 0.29) is 6.42 Å². The second-order valence-electron chi connectivity index (χ2n) is 7.68. The molecule has 0 aliphatic rings. The van der Waals surface area contributed by atoms with Crippen LogP contribution in [0.15, 0.2) is 59.5 Å². The number of rotatable bonds is 9. The Morgan fingerprint density at radius 1 is 1.07 bits per heavy atom. The molecule has 0 aliphatic heterocycles. The molecule has 162 valence electrons. The third kappa shape index (κ3) is 6.93. The molecule has 0 unspecified atom stereocenters. The highest BCUT2D eigenvalue weighted by Crippen LogP contribution is 2.27. The van der Waals surface area contributed by atoms with E-state index in [2.05, 4.69) is 0 Å². The number of aryl methyl sites for hydroxylation is 1. The van der Waals surface area contributed by atoms with E-state index < -0.39 is 43.3 Å². The lowest BCUT2D eigenvalue weighted by Crippen LogP contribution is -2.35. The Labute approximate surface area is 176 Å². The van der Waals surface area contributed by atoms with Crippen molar-refractivity contribution in [3.63, 3.8) is 0 Å². The quantitative estimate of drug-likeness (QED) is 0.253. The van der Waals surface area contributed by atoms with Gasteiger partial charge in [0.05, 0.1) is 4.92 Å². The molecule has 9 heteroatoms. The van der Waals surface area contributed by atoms with E-state index in [1.54, 1.807) is 20.8 Å². The molecule has 0 radical (unpaired) electrons. The molecule has 0 heterocycles. The van der Waals surface area contributed by atoms with E-state index in [9.17, 15) is 23.3 Å². The second kappa shape index (κ2) is 9.82. The van der Waals surface area contributed by atoms with E-state index in [0.29, 0.717) is 12.8 Å². The molecule has 30 heavy (non-hydrogen) atoms. The number of carbonyl (C=O) groups is 1. The zero-order chi connectivity index (χ0) is 22.4. The highest BCUT2D eigenvalue weighted by Gasteiger charge is 2.34. The number of hydrogen-bond acceptors (Lipinski definition) is 7. The number of hydrogen-bond donors (Lipinski definition) is 0. The van der Waals surface area contributed by atoms with Crippen LogP contribution in [0.2, 0.25) is 0 Å². The average Bonchev–Trinajstić information content (AvgIpc) is 2.66. The number of ether oxygens (including phenoxy) is 1. The smallest absolute Gasteiger partial charge is 0.337 e. The lowest BCUT2D eigenvalue weighted by atomic mass is 10.1. The summed E-state index contributed by atoms with van der Waals surface area (Å²) in [7, 11) is -4.57. The van der Waals surface area contributed by atoms with Crippen molar-refractivity contribution in [1.29, 1.82) is 0 Å². The molecule has 0 amide bonds. The van der Waals surface area contributed by atoms with Gasteiger partial charge >= 0.3 is 16.1 Å². The van der Waals surface area contributed by atoms with Crippen molar-refractivity contribution < 1.29 is 27.1 Å². The first kappa shape index (κ1) is 23.5. The highest BCUT2D eigenvalue weighted by atomic mass is 32.2. The van der Waals surface area contributed by atoms with Crippen LogP contribution in [0.3, 0.4) is 0 Å². The van der Waals surface area contributed by atoms with Crippen molar-refractivity contribution in [2.24, 2.45) is 0 Å². The number of para-hydroxylation sites is 1. The minimum absolute atomic E-state index is 0.0731. The topological polar surface area (TPSA) is 113 Å². The summed E-state index contributed by atoms with van der Waals surface area (Å²) in [6.45, 7) is 4.97. The maximum absolute atomic E-state index is 12.7. The average molecular weight is 435 g/mol. The van der Waals surface area contributed by atoms with Gasteiger partial charge in [0.1, 0.15) is 5.60 Å². The Bertz CT molecular complexity index is 982. The predicted octanol–water partition coefficient (Wildman–Crippen LogP) is 4.03. The first-order valence-corrected chi connectivity index (χ1v) is 10.8. The van der Waals surface area contributed by atoms with E-state index in [4.69, 9.17) is 8.92 Å². The summed E-state index contributed by atoms with van der Waals surface area (Å²) >= 11 is 0. The molecule has 0 spiro atoms. The molecule has 8 nitrogen and oxygen atoms in total. The number of nitro benzene ring substituents is 1. The van der Waals surface area contributed by atoms with Gasteiger partial charge in [-0.25, -0.2) is 4.79 Å². The summed E-state index contributed by atoms with van der Waals surface area (Å²) < 4.78 is 35.9. The Morgan fingerprint density at radius 3 is 2.27 bits per heavy atom. The lowest BCUT2D eigenvalue weighted by molar-refractivity contribution is -0.387. The zero-order valence-corrected chi connectivity index (χ0v) is 17.9. The van der Waals surface area contributed by atoms with E-state index in [1.165, 1.54) is 12.1 Å². The molecule has 0 aliphatic carbocycles. The third-order valence-electron chi connectivity index (χ3n) is 4.02. The summed E-state index contributed by atoms with van der Waals surface area (Å²) in [5, 5.41) is 11.2. The standard InChI is InChI=1S/C21H25NO7S/c1-21(2,3)28-20(23)18(14-9-12-16-10-5-4-6-11-16)29-30(26,27)19-15-8-7-13-17(19)22(24)25/h4-8,10-11,13,15,18H,9,12,14H2,1-3H3/t18-/m1/s1. The van der Waals surface area contributed by atoms with Crippen LogP contribution in [0, 0.1) is 10.1 Å². The molecule has 2 aromatic carbocycles. The summed E-state index contributed by atoms with van der Waals surface area (Å²) in [5.74, 6) is -0.835. The van der Waals surface area contributed by atoms with Gasteiger partial charge in [-0.15, -0.1) is 0 Å². The summed E-state index contributed by atoms with van der Waals surface area (Å²) in [6, 6.07) is 14.3. The maximum Gasteiger partial charge on any atom is 0.337 e. The van der Waals surface area contributed by atoms with E-state index >= 15 is 0 Å². The van der Waals surface area contributed by atoms with Gasteiger partial charge in [0.15, 0.2) is 11.0 Å². The van der Waals surface area contributed by atoms with Crippen molar-refractivity contribution in [2.75, 3.05) is 0 Å². The van der Waals surface area contributed by atoms with Crippen LogP contribution in [0.4, 0.5) is 5.69 Å². The number of carbonyl (C=O) groups excluding carboxylic acids is 1. The molecule has 1 atom stereocenters. The van der Waals surface area contributed by atoms with Gasteiger partial charge in [-0.2, -0.15) is 8.42 Å². The Morgan fingerprint density at radius 2 is 1.67 bits per heavy atom. The van der Waals surface area contributed by atoms with Crippen LogP contribution in [0.25, 0.3) is 0 Å². The van der Waals surface area contributed by atoms with Crippen LogP contribution in [-0.2, 0) is 30.3 Å². The molecule has 0 N–H and O–H groups in total. The fourth-order valence-corrected chi connectivity index (χ4v) is 3.96. The van der Waals surface area contributed by atoms with Crippen molar-refractivity contribution in [3.8, 4) is 0 Å². The van der Waals surface area contributed by atoms with Crippen molar-refractivity contribution in [2.45, 2.75) is 56.6 Å². The fraction of sp³-hybridized carbons (Fsp3) is 0.381. The van der Waals surface area contributed by atoms with Crippen LogP contribution in [0.5, 0.6) is 0 Å². The van der Waals surface area contributed by atoms with Crippen LogP contribution in [-0.4, -0.2) is 31.0 Å². The maximum atomic E-state index is 12.7. The molecule has 0 aromatic heterocycles. The summed E-state index contributed by atoms with van der Waals surface area (Å²) in [4.78, 5) is 22.4. The van der Waals surface area contributed by atoms with Gasteiger partial charge in [0, 0.05) is 6.07 Å². The van der Waals surface area contributed by atoms with E-state index in [0.717, 1.165) is 17.7 Å². The number of nitrogens with zero attached hydrogens (tertiary/aromatic N) is 1. The Hall–Kier alpha value is -2.78. The van der Waals surface area contributed by atoms with Gasteiger partial charge in [-0.3, -0.25) is 14.3 Å². The molecular formula is C21H25NO7S. The van der Waals surface area contributed by atoms with Gasteiger partial charge < -0.3 is 4.74 Å². The molecule has 2 rings (SSSR count). The van der Waals surface area contributed by atoms with Gasteiger partial charge in [-0.05, 0) is 51.7 Å². The SMILES string of the molecule is CC(C)(C)OC(=O)[C@@H](CCCc1ccccc1)OS(=O)(=O)c1ccccc1[N+](=O)[O-]. The second-order valence-corrected chi connectivity index (χ2v) is 9.22. The molecule has 0 saturated heterocycles. The normalized spacial score (nSPS) is 12.9. The van der Waals surface area contributed by atoms with Gasteiger partial charge in [-0.1, -0.05) is 42.5 Å². The van der Waals surface area contributed by atoms with Crippen LogP contribution < -0.4 is 0 Å². The molecule has 0 saturated carbocycles. The molecule has 2 aromatic rings.